The molecule has 0 spiro atoms. The van der Waals surface area contributed by atoms with Gasteiger partial charge in [0.15, 0.2) is 0 Å². The highest BCUT2D eigenvalue weighted by atomic mass is 79.9. The fraction of sp³-hybridized carbons (Fsp3) is 0.143. The van der Waals surface area contributed by atoms with Crippen molar-refractivity contribution in [1.82, 2.24) is 0 Å². The summed E-state index contributed by atoms with van der Waals surface area (Å²) >= 11 is 6.97. The number of hydrogen-bond donors (Lipinski definition) is 2. The van der Waals surface area contributed by atoms with Crippen LogP contribution in [0.3, 0.4) is 0 Å². The first-order valence-electron chi connectivity index (χ1n) is 5.81. The van der Waals surface area contributed by atoms with E-state index in [1.165, 1.54) is 0 Å². The van der Waals surface area contributed by atoms with Crippen LogP contribution in [0.4, 0.5) is 5.69 Å². The Morgan fingerprint density at radius 1 is 1.16 bits per heavy atom. The summed E-state index contributed by atoms with van der Waals surface area (Å²) in [7, 11) is 0. The van der Waals surface area contributed by atoms with Crippen LogP contribution in [-0.2, 0) is 0 Å². The van der Waals surface area contributed by atoms with E-state index in [-0.39, 0.29) is 11.8 Å². The lowest BCUT2D eigenvalue weighted by atomic mass is 10.1. The molecule has 2 aromatic carbocycles. The summed E-state index contributed by atoms with van der Waals surface area (Å²) < 4.78 is 7.60. The van der Waals surface area contributed by atoms with Gasteiger partial charge in [-0.1, -0.05) is 15.9 Å². The summed E-state index contributed by atoms with van der Waals surface area (Å²) in [6, 6.07) is 11.3. The van der Waals surface area contributed by atoms with Crippen molar-refractivity contribution < 1.29 is 9.84 Å². The van der Waals surface area contributed by atoms with E-state index in [0.717, 1.165) is 25.9 Å². The molecule has 19 heavy (non-hydrogen) atoms. The van der Waals surface area contributed by atoms with Gasteiger partial charge >= 0.3 is 0 Å². The molecule has 2 N–H and O–H groups in total. The molecule has 5 heteroatoms. The van der Waals surface area contributed by atoms with Crippen molar-refractivity contribution in [3.8, 4) is 11.5 Å². The number of phenolic OH excluding ortho intramolecular Hbond substituents is 1. The molecule has 0 aliphatic carbocycles. The van der Waals surface area contributed by atoms with Crippen molar-refractivity contribution >= 4 is 37.5 Å². The van der Waals surface area contributed by atoms with E-state index >= 15 is 0 Å². The van der Waals surface area contributed by atoms with Gasteiger partial charge in [0, 0.05) is 26.3 Å². The molecule has 0 aromatic heterocycles. The molecule has 0 amide bonds. The Morgan fingerprint density at radius 2 is 2.00 bits per heavy atom. The smallest absolute Gasteiger partial charge is 0.128 e. The van der Waals surface area contributed by atoms with Gasteiger partial charge in [0.1, 0.15) is 18.1 Å². The molecule has 0 saturated heterocycles. The largest absolute Gasteiger partial charge is 0.508 e. The quantitative estimate of drug-likeness (QED) is 0.802. The number of halogens is 2. The molecule has 3 nitrogen and oxygen atoms in total. The molecule has 0 radical (unpaired) electrons. The molecular weight excluding hydrogens is 374 g/mol. The molecule has 1 aliphatic rings. The predicted molar refractivity (Wildman–Crippen MR) is 81.8 cm³/mol. The summed E-state index contributed by atoms with van der Waals surface area (Å²) in [5, 5.41) is 12.9. The summed E-state index contributed by atoms with van der Waals surface area (Å²) in [5.74, 6) is 0.968. The lowest BCUT2D eigenvalue weighted by Crippen LogP contribution is -2.12. The van der Waals surface area contributed by atoms with Crippen LogP contribution in [0.25, 0.3) is 0 Å². The van der Waals surface area contributed by atoms with E-state index in [9.17, 15) is 5.11 Å². The Labute approximate surface area is 127 Å². The monoisotopic (exact) mass is 383 g/mol. The zero-order valence-corrected chi connectivity index (χ0v) is 13.0. The molecule has 0 bridgehead atoms. The minimum Gasteiger partial charge on any atom is -0.508 e. The van der Waals surface area contributed by atoms with Crippen LogP contribution in [0.15, 0.2) is 45.3 Å². The Balaban J connectivity index is 1.86. The lowest BCUT2D eigenvalue weighted by Gasteiger charge is -2.14. The molecule has 3 rings (SSSR count). The normalized spacial score (nSPS) is 16.8. The maximum atomic E-state index is 9.43. The van der Waals surface area contributed by atoms with Crippen molar-refractivity contribution in [2.45, 2.75) is 6.04 Å². The van der Waals surface area contributed by atoms with E-state index in [2.05, 4.69) is 37.2 Å². The predicted octanol–water partition coefficient (Wildman–Crippen LogP) is 4.46. The number of fused-ring (bicyclic) bond motifs is 1. The van der Waals surface area contributed by atoms with Crippen LogP contribution >= 0.6 is 31.9 Å². The molecule has 1 aliphatic heterocycles. The molecule has 1 atom stereocenters. The zero-order chi connectivity index (χ0) is 13.4. The maximum Gasteiger partial charge on any atom is 0.128 e. The summed E-state index contributed by atoms with van der Waals surface area (Å²) in [5.41, 5.74) is 2.07. The topological polar surface area (TPSA) is 41.5 Å². The Bertz CT molecular complexity index is 631. The maximum absolute atomic E-state index is 9.43. The Morgan fingerprint density at radius 3 is 2.79 bits per heavy atom. The van der Waals surface area contributed by atoms with Crippen LogP contribution < -0.4 is 10.1 Å². The van der Waals surface area contributed by atoms with Crippen molar-refractivity contribution in [2.24, 2.45) is 0 Å². The van der Waals surface area contributed by atoms with Gasteiger partial charge in [0.2, 0.25) is 0 Å². The molecular formula is C14H11Br2NO2. The molecule has 1 heterocycles. The van der Waals surface area contributed by atoms with Gasteiger partial charge in [-0.3, -0.25) is 0 Å². The number of hydrogen-bond acceptors (Lipinski definition) is 3. The first-order valence-corrected chi connectivity index (χ1v) is 7.39. The van der Waals surface area contributed by atoms with Crippen LogP contribution in [0.1, 0.15) is 11.6 Å². The standard InChI is InChI=1S/C14H11Br2NO2/c15-8-1-4-12(11(16)5-8)17-13-7-19-14-6-9(18)2-3-10(13)14/h1-6,13,17-18H,7H2. The van der Waals surface area contributed by atoms with Gasteiger partial charge in [-0.2, -0.15) is 0 Å². The first kappa shape index (κ1) is 12.8. The minimum atomic E-state index is 0.0908. The van der Waals surface area contributed by atoms with Crippen molar-refractivity contribution in [2.75, 3.05) is 11.9 Å². The summed E-state index contributed by atoms with van der Waals surface area (Å²) in [4.78, 5) is 0. The van der Waals surface area contributed by atoms with Crippen molar-refractivity contribution in [1.29, 1.82) is 0 Å². The van der Waals surface area contributed by atoms with Crippen molar-refractivity contribution in [3.05, 3.63) is 50.9 Å². The van der Waals surface area contributed by atoms with E-state index in [4.69, 9.17) is 4.74 Å². The number of rotatable bonds is 2. The highest BCUT2D eigenvalue weighted by Gasteiger charge is 2.24. The van der Waals surface area contributed by atoms with Gasteiger partial charge in [0.25, 0.3) is 0 Å². The average molecular weight is 385 g/mol. The second-order valence-electron chi connectivity index (χ2n) is 4.35. The highest BCUT2D eigenvalue weighted by Crippen LogP contribution is 2.38. The number of ether oxygens (including phenoxy) is 1. The molecule has 1 unspecified atom stereocenters. The van der Waals surface area contributed by atoms with Crippen LogP contribution in [-0.4, -0.2) is 11.7 Å². The molecule has 0 saturated carbocycles. The number of benzene rings is 2. The number of anilines is 1. The third-order valence-electron chi connectivity index (χ3n) is 3.04. The molecule has 0 fully saturated rings. The van der Waals surface area contributed by atoms with E-state index in [0.29, 0.717) is 6.61 Å². The summed E-state index contributed by atoms with van der Waals surface area (Å²) in [6.45, 7) is 0.557. The van der Waals surface area contributed by atoms with Crippen LogP contribution in [0.5, 0.6) is 11.5 Å². The van der Waals surface area contributed by atoms with Crippen molar-refractivity contribution in [3.63, 3.8) is 0 Å². The fourth-order valence-corrected chi connectivity index (χ4v) is 3.27. The number of nitrogens with one attached hydrogen (secondary N) is 1. The first-order chi connectivity index (χ1) is 9.13. The van der Waals surface area contributed by atoms with E-state index < -0.39 is 0 Å². The number of phenols is 1. The Hall–Kier alpha value is -1.20. The Kier molecular flexibility index (Phi) is 3.41. The van der Waals surface area contributed by atoms with Gasteiger partial charge in [0.05, 0.1) is 6.04 Å². The third-order valence-corrected chi connectivity index (χ3v) is 4.19. The van der Waals surface area contributed by atoms with Gasteiger partial charge in [-0.05, 0) is 46.3 Å². The zero-order valence-electron chi connectivity index (χ0n) is 9.86. The second kappa shape index (κ2) is 5.06. The fourth-order valence-electron chi connectivity index (χ4n) is 2.11. The van der Waals surface area contributed by atoms with E-state index in [1.54, 1.807) is 12.1 Å². The van der Waals surface area contributed by atoms with Crippen LogP contribution in [0.2, 0.25) is 0 Å². The number of aromatic hydroxyl groups is 1. The van der Waals surface area contributed by atoms with E-state index in [1.807, 2.05) is 24.3 Å². The minimum absolute atomic E-state index is 0.0908. The van der Waals surface area contributed by atoms with Gasteiger partial charge in [-0.25, -0.2) is 0 Å². The average Bonchev–Trinajstić information content (AvgIpc) is 2.75. The van der Waals surface area contributed by atoms with Gasteiger partial charge in [-0.15, -0.1) is 0 Å². The van der Waals surface area contributed by atoms with Crippen LogP contribution in [0, 0.1) is 0 Å². The highest BCUT2D eigenvalue weighted by molar-refractivity contribution is 9.11. The molecule has 2 aromatic rings. The van der Waals surface area contributed by atoms with Gasteiger partial charge < -0.3 is 15.2 Å². The summed E-state index contributed by atoms with van der Waals surface area (Å²) in [6.07, 6.45) is 0. The lowest BCUT2D eigenvalue weighted by molar-refractivity contribution is 0.338. The SMILES string of the molecule is Oc1ccc2c(c1)OCC2Nc1ccc(Br)cc1Br. The molecule has 98 valence electrons. The second-order valence-corrected chi connectivity index (χ2v) is 6.12. The third kappa shape index (κ3) is 2.58.